The number of carbonyl (C=O) groups excluding carboxylic acids is 3. The Bertz CT molecular complexity index is 788. The number of rotatable bonds is 6. The fourth-order valence-electron chi connectivity index (χ4n) is 2.85. The first-order chi connectivity index (χ1) is 11.8. The van der Waals surface area contributed by atoms with E-state index in [1.807, 2.05) is 13.8 Å². The summed E-state index contributed by atoms with van der Waals surface area (Å²) in [5.41, 5.74) is 0.297. The first-order valence-electron chi connectivity index (χ1n) is 8.14. The predicted octanol–water partition coefficient (Wildman–Crippen LogP) is 2.74. The molecule has 2 rings (SSSR count). The quantitative estimate of drug-likeness (QED) is 0.343. The largest absolute Gasteiger partial charge is 0.874 e. The van der Waals surface area contributed by atoms with Crippen LogP contribution in [0.25, 0.3) is 0 Å². The molecule has 2 amide bonds. The molecule has 0 bridgehead atoms. The van der Waals surface area contributed by atoms with Gasteiger partial charge in [0.25, 0.3) is 11.8 Å². The summed E-state index contributed by atoms with van der Waals surface area (Å²) in [5, 5.41) is 19.0. The van der Waals surface area contributed by atoms with Gasteiger partial charge in [-0.2, -0.15) is 0 Å². The average Bonchev–Trinajstić information content (AvgIpc) is 2.81. The van der Waals surface area contributed by atoms with Gasteiger partial charge < -0.3 is 5.11 Å². The number of imide groups is 1. The van der Waals surface area contributed by atoms with Crippen LogP contribution >= 0.6 is 0 Å². The van der Waals surface area contributed by atoms with Crippen LogP contribution in [0.5, 0.6) is 0 Å². The van der Waals surface area contributed by atoms with E-state index in [-0.39, 0.29) is 34.5 Å². The lowest BCUT2D eigenvalue weighted by molar-refractivity contribution is -0.303. The fraction of sp³-hybridized carbons (Fsp3) is 0.389. The normalized spacial score (nSPS) is 15.2. The topological polar surface area (TPSA) is 102 Å². The number of nitrogens with zero attached hydrogens (tertiary/aromatic N) is 3. The predicted molar refractivity (Wildman–Crippen MR) is 89.2 cm³/mol. The molecule has 132 valence electrons. The molecule has 0 saturated heterocycles. The van der Waals surface area contributed by atoms with E-state index in [0.717, 1.165) is 0 Å². The summed E-state index contributed by atoms with van der Waals surface area (Å²) < 4.78 is 0. The highest BCUT2D eigenvalue weighted by molar-refractivity contribution is 6.23. The van der Waals surface area contributed by atoms with E-state index in [2.05, 4.69) is 10.2 Å². The molecule has 0 atom stereocenters. The summed E-state index contributed by atoms with van der Waals surface area (Å²) in [6, 6.07) is 4.50. The molecular weight excluding hydrogens is 322 g/mol. The molecular formula is C18H20N3O4-. The molecule has 0 saturated carbocycles. The second-order valence-corrected chi connectivity index (χ2v) is 5.81. The van der Waals surface area contributed by atoms with Gasteiger partial charge in [0, 0.05) is 13.0 Å². The van der Waals surface area contributed by atoms with Crippen molar-refractivity contribution in [1.29, 1.82) is 0 Å². The Morgan fingerprint density at radius 3 is 2.32 bits per heavy atom. The third kappa shape index (κ3) is 3.35. The van der Waals surface area contributed by atoms with Crippen molar-refractivity contribution in [3.8, 4) is 0 Å². The van der Waals surface area contributed by atoms with E-state index < -0.39 is 17.4 Å². The smallest absolute Gasteiger partial charge is 0.264 e. The van der Waals surface area contributed by atoms with E-state index in [4.69, 9.17) is 0 Å². The molecule has 0 spiro atoms. The van der Waals surface area contributed by atoms with E-state index in [1.165, 1.54) is 24.8 Å². The van der Waals surface area contributed by atoms with Crippen LogP contribution in [-0.2, 0) is 4.79 Å². The van der Waals surface area contributed by atoms with Crippen molar-refractivity contribution in [2.24, 2.45) is 10.2 Å². The van der Waals surface area contributed by atoms with Crippen molar-refractivity contribution in [3.63, 3.8) is 0 Å². The number of hydrogen-bond donors (Lipinski definition) is 0. The van der Waals surface area contributed by atoms with Gasteiger partial charge in [-0.3, -0.25) is 19.3 Å². The van der Waals surface area contributed by atoms with Crippen LogP contribution in [0.2, 0.25) is 0 Å². The summed E-state index contributed by atoms with van der Waals surface area (Å²) >= 11 is 0. The van der Waals surface area contributed by atoms with E-state index in [1.54, 1.807) is 12.1 Å². The SMILES string of the molecule is CCC(CC)N1C(=O)c2cccc(N=N/C(C(C)=O)=C(/C)[O-])c2C1=O. The standard InChI is InChI=1S/C18H21N3O4/c1-5-12(6-2)21-17(24)13-8-7-9-14(15(13)18(21)25)19-20-16(10(3)22)11(4)23/h7-9,12,22H,5-6H2,1-4H3/p-1/b16-10-,20-19?. The third-order valence-electron chi connectivity index (χ3n) is 4.16. The number of benzene rings is 1. The lowest BCUT2D eigenvalue weighted by Gasteiger charge is -2.23. The second-order valence-electron chi connectivity index (χ2n) is 5.81. The van der Waals surface area contributed by atoms with E-state index >= 15 is 0 Å². The Morgan fingerprint density at radius 2 is 1.80 bits per heavy atom. The zero-order chi connectivity index (χ0) is 18.7. The molecule has 1 aliphatic heterocycles. The minimum atomic E-state index is -0.509. The van der Waals surface area contributed by atoms with Crippen LogP contribution in [-0.4, -0.2) is 28.5 Å². The number of allylic oxidation sites excluding steroid dienone is 2. The minimum Gasteiger partial charge on any atom is -0.874 e. The minimum absolute atomic E-state index is 0.162. The molecule has 0 aromatic heterocycles. The number of hydrogen-bond acceptors (Lipinski definition) is 6. The van der Waals surface area contributed by atoms with Gasteiger partial charge in [0.1, 0.15) is 5.70 Å². The number of azo groups is 1. The maximum Gasteiger partial charge on any atom is 0.264 e. The van der Waals surface area contributed by atoms with Crippen LogP contribution in [0.3, 0.4) is 0 Å². The maximum atomic E-state index is 12.8. The summed E-state index contributed by atoms with van der Waals surface area (Å²) in [4.78, 5) is 38.0. The van der Waals surface area contributed by atoms with Crippen molar-refractivity contribution in [2.45, 2.75) is 46.6 Å². The van der Waals surface area contributed by atoms with Crippen molar-refractivity contribution in [3.05, 3.63) is 40.8 Å². The van der Waals surface area contributed by atoms with Crippen LogP contribution in [0.1, 0.15) is 61.3 Å². The van der Waals surface area contributed by atoms with Crippen molar-refractivity contribution in [1.82, 2.24) is 4.90 Å². The number of Topliss-reactive ketones (excluding diaryl/α,β-unsaturated/α-hetero) is 1. The summed E-state index contributed by atoms with van der Waals surface area (Å²) in [5.74, 6) is -1.79. The van der Waals surface area contributed by atoms with Gasteiger partial charge >= 0.3 is 0 Å². The highest BCUT2D eigenvalue weighted by Crippen LogP contribution is 2.33. The van der Waals surface area contributed by atoms with Crippen LogP contribution in [0.15, 0.2) is 39.9 Å². The highest BCUT2D eigenvalue weighted by Gasteiger charge is 2.40. The van der Waals surface area contributed by atoms with Gasteiger partial charge in [0.2, 0.25) is 0 Å². The first-order valence-corrected chi connectivity index (χ1v) is 8.14. The Kier molecular flexibility index (Phi) is 5.46. The fourth-order valence-corrected chi connectivity index (χ4v) is 2.85. The number of amides is 2. The third-order valence-corrected chi connectivity index (χ3v) is 4.16. The van der Waals surface area contributed by atoms with E-state index in [0.29, 0.717) is 12.8 Å². The maximum absolute atomic E-state index is 12.8. The summed E-state index contributed by atoms with van der Waals surface area (Å²) in [6.45, 7) is 6.27. The Labute approximate surface area is 146 Å². The van der Waals surface area contributed by atoms with Crippen LogP contribution in [0.4, 0.5) is 5.69 Å². The Balaban J connectivity index is 2.49. The zero-order valence-electron chi connectivity index (χ0n) is 14.7. The zero-order valence-corrected chi connectivity index (χ0v) is 14.7. The molecule has 7 heteroatoms. The molecule has 0 radical (unpaired) electrons. The summed E-state index contributed by atoms with van der Waals surface area (Å²) in [6.07, 6.45) is 1.32. The molecule has 7 nitrogen and oxygen atoms in total. The van der Waals surface area contributed by atoms with Crippen molar-refractivity contribution < 1.29 is 19.5 Å². The molecule has 1 aromatic carbocycles. The number of carbonyl (C=O) groups is 3. The van der Waals surface area contributed by atoms with Gasteiger partial charge in [-0.25, -0.2) is 0 Å². The molecule has 25 heavy (non-hydrogen) atoms. The van der Waals surface area contributed by atoms with Gasteiger partial charge in [-0.05, 0) is 25.0 Å². The van der Waals surface area contributed by atoms with Gasteiger partial charge in [-0.1, -0.05) is 26.8 Å². The molecule has 1 aliphatic rings. The van der Waals surface area contributed by atoms with E-state index in [9.17, 15) is 19.5 Å². The molecule has 1 aromatic rings. The lowest BCUT2D eigenvalue weighted by atomic mass is 10.1. The average molecular weight is 342 g/mol. The van der Waals surface area contributed by atoms with Gasteiger partial charge in [0.05, 0.1) is 16.8 Å². The summed E-state index contributed by atoms with van der Waals surface area (Å²) in [7, 11) is 0. The van der Waals surface area contributed by atoms with Crippen molar-refractivity contribution >= 4 is 23.3 Å². The Hall–Kier alpha value is -2.83. The Morgan fingerprint density at radius 1 is 1.16 bits per heavy atom. The molecule has 0 N–H and O–H groups in total. The molecule has 0 fully saturated rings. The monoisotopic (exact) mass is 342 g/mol. The number of fused-ring (bicyclic) bond motifs is 1. The molecule has 0 aliphatic carbocycles. The second kappa shape index (κ2) is 7.38. The molecule has 0 unspecified atom stereocenters. The molecule has 1 heterocycles. The van der Waals surface area contributed by atoms with Crippen LogP contribution in [0, 0.1) is 0 Å². The van der Waals surface area contributed by atoms with Gasteiger partial charge in [-0.15, -0.1) is 16.0 Å². The first kappa shape index (κ1) is 18.5. The van der Waals surface area contributed by atoms with Crippen molar-refractivity contribution in [2.75, 3.05) is 0 Å². The highest BCUT2D eigenvalue weighted by atomic mass is 16.3. The van der Waals surface area contributed by atoms with Gasteiger partial charge in [0.15, 0.2) is 5.78 Å². The number of ketones is 1. The van der Waals surface area contributed by atoms with Crippen LogP contribution < -0.4 is 5.11 Å². The lowest BCUT2D eigenvalue weighted by Crippen LogP contribution is -2.39.